The van der Waals surface area contributed by atoms with E-state index in [1.54, 1.807) is 38.1 Å². The predicted octanol–water partition coefficient (Wildman–Crippen LogP) is 4.26. The Morgan fingerprint density at radius 1 is 0.968 bits per heavy atom. The molecule has 8 heteroatoms. The number of benzene rings is 2. The first-order chi connectivity index (χ1) is 14.7. The fourth-order valence-electron chi connectivity index (χ4n) is 2.67. The van der Waals surface area contributed by atoms with Gasteiger partial charge in [-0.05, 0) is 48.7 Å². The van der Waals surface area contributed by atoms with E-state index in [2.05, 4.69) is 18.0 Å². The van der Waals surface area contributed by atoms with E-state index >= 15 is 0 Å². The van der Waals surface area contributed by atoms with Crippen molar-refractivity contribution < 1.29 is 38.7 Å². The minimum Gasteiger partial charge on any atom is -0.478 e. The summed E-state index contributed by atoms with van der Waals surface area (Å²) in [6.45, 7) is 10.8. The van der Waals surface area contributed by atoms with Gasteiger partial charge in [-0.25, -0.2) is 9.59 Å². The Morgan fingerprint density at radius 2 is 1.61 bits per heavy atom. The first kappa shape index (κ1) is 23.4. The molecule has 31 heavy (non-hydrogen) atoms. The molecule has 0 heterocycles. The Balaban J connectivity index is 2.28. The summed E-state index contributed by atoms with van der Waals surface area (Å²) in [5.74, 6) is -1.48. The lowest BCUT2D eigenvalue weighted by atomic mass is 9.97. The Hall–Kier alpha value is -3.91. The van der Waals surface area contributed by atoms with Crippen LogP contribution in [0.15, 0.2) is 55.3 Å². The zero-order valence-corrected chi connectivity index (χ0v) is 17.2. The Kier molecular flexibility index (Phi) is 8.10. The highest BCUT2D eigenvalue weighted by Gasteiger charge is 2.19. The third-order valence-corrected chi connectivity index (χ3v) is 4.02. The lowest BCUT2D eigenvalue weighted by Crippen LogP contribution is -2.14. The SMILES string of the molecule is C=C(C)OOCCOC(=O)c1ccc(-c2ccc(C(=C)C)c(OC=O)c2)cc1C(=O)O. The normalized spacial score (nSPS) is 10.1. The van der Waals surface area contributed by atoms with Crippen molar-refractivity contribution in [1.29, 1.82) is 0 Å². The Morgan fingerprint density at radius 3 is 2.19 bits per heavy atom. The van der Waals surface area contributed by atoms with Crippen LogP contribution in [0, 0.1) is 0 Å². The highest BCUT2D eigenvalue weighted by Crippen LogP contribution is 2.31. The minimum absolute atomic E-state index is 0.0480. The van der Waals surface area contributed by atoms with Gasteiger partial charge in [0.05, 0.1) is 11.1 Å². The fourth-order valence-corrected chi connectivity index (χ4v) is 2.67. The number of ether oxygens (including phenoxy) is 2. The van der Waals surface area contributed by atoms with Gasteiger partial charge in [-0.15, -0.1) is 0 Å². The number of esters is 1. The standard InChI is InChI=1S/C23H22O8/c1-14(2)18-7-5-17(12-21(18)29-13-24)16-6-8-19(20(11-16)22(25)26)23(27)28-9-10-30-31-15(3)4/h5-8,11-13H,1,3,9-10H2,2,4H3,(H,25,26). The second-order valence-electron chi connectivity index (χ2n) is 6.51. The van der Waals surface area contributed by atoms with Crippen LogP contribution in [-0.4, -0.2) is 36.7 Å². The molecule has 0 fully saturated rings. The summed E-state index contributed by atoms with van der Waals surface area (Å²) in [5.41, 5.74) is 2.10. The molecule has 0 aliphatic carbocycles. The van der Waals surface area contributed by atoms with E-state index < -0.39 is 11.9 Å². The van der Waals surface area contributed by atoms with Crippen molar-refractivity contribution in [2.24, 2.45) is 0 Å². The molecule has 0 radical (unpaired) electrons. The van der Waals surface area contributed by atoms with E-state index in [0.717, 1.165) is 0 Å². The van der Waals surface area contributed by atoms with E-state index in [0.29, 0.717) is 34.5 Å². The van der Waals surface area contributed by atoms with Crippen LogP contribution >= 0.6 is 0 Å². The van der Waals surface area contributed by atoms with Gasteiger partial charge >= 0.3 is 11.9 Å². The van der Waals surface area contributed by atoms with E-state index in [-0.39, 0.29) is 30.1 Å². The molecule has 1 N–H and O–H groups in total. The van der Waals surface area contributed by atoms with Gasteiger partial charge in [-0.3, -0.25) is 4.79 Å². The van der Waals surface area contributed by atoms with Gasteiger partial charge in [-0.2, -0.15) is 4.89 Å². The van der Waals surface area contributed by atoms with Crippen LogP contribution in [-0.2, 0) is 19.3 Å². The summed E-state index contributed by atoms with van der Waals surface area (Å²) in [7, 11) is 0. The largest absolute Gasteiger partial charge is 0.478 e. The number of hydrogen-bond donors (Lipinski definition) is 1. The Labute approximate surface area is 179 Å². The molecule has 0 bridgehead atoms. The molecule has 0 aromatic heterocycles. The molecule has 0 unspecified atom stereocenters. The number of carbonyl (C=O) groups is 3. The quantitative estimate of drug-likeness (QED) is 0.142. The maximum atomic E-state index is 12.3. The summed E-state index contributed by atoms with van der Waals surface area (Å²) in [5, 5.41) is 9.57. The average molecular weight is 426 g/mol. The van der Waals surface area contributed by atoms with Gasteiger partial charge in [0.15, 0.2) is 0 Å². The number of carbonyl (C=O) groups excluding carboxylic acids is 2. The summed E-state index contributed by atoms with van der Waals surface area (Å²) in [6, 6.07) is 9.32. The zero-order chi connectivity index (χ0) is 23.0. The molecule has 0 amide bonds. The van der Waals surface area contributed by atoms with E-state index in [1.807, 2.05) is 0 Å². The number of carboxylic acid groups (broad SMARTS) is 1. The summed E-state index contributed by atoms with van der Waals surface area (Å²) < 4.78 is 10.1. The van der Waals surface area contributed by atoms with E-state index in [1.165, 1.54) is 12.1 Å². The number of aromatic carboxylic acids is 1. The van der Waals surface area contributed by atoms with Crippen LogP contribution in [0.5, 0.6) is 5.75 Å². The zero-order valence-electron chi connectivity index (χ0n) is 17.2. The van der Waals surface area contributed by atoms with Crippen molar-refractivity contribution in [2.45, 2.75) is 13.8 Å². The highest BCUT2D eigenvalue weighted by atomic mass is 17.2. The number of allylic oxidation sites excluding steroid dienone is 2. The van der Waals surface area contributed by atoms with Crippen molar-refractivity contribution in [3.05, 3.63) is 72.0 Å². The third-order valence-electron chi connectivity index (χ3n) is 4.02. The second kappa shape index (κ2) is 10.7. The molecule has 0 aliphatic rings. The summed E-state index contributed by atoms with van der Waals surface area (Å²) in [4.78, 5) is 44.3. The van der Waals surface area contributed by atoms with Crippen LogP contribution in [0.1, 0.15) is 40.1 Å². The molecule has 0 saturated carbocycles. The van der Waals surface area contributed by atoms with Crippen molar-refractivity contribution in [2.75, 3.05) is 13.2 Å². The van der Waals surface area contributed by atoms with Crippen molar-refractivity contribution >= 4 is 24.0 Å². The topological polar surface area (TPSA) is 108 Å². The highest BCUT2D eigenvalue weighted by molar-refractivity contribution is 6.03. The van der Waals surface area contributed by atoms with Gasteiger partial charge in [0.2, 0.25) is 0 Å². The third kappa shape index (κ3) is 6.28. The number of rotatable bonds is 11. The van der Waals surface area contributed by atoms with Gasteiger partial charge in [-0.1, -0.05) is 31.4 Å². The average Bonchev–Trinajstić information content (AvgIpc) is 2.72. The van der Waals surface area contributed by atoms with Crippen molar-refractivity contribution in [1.82, 2.24) is 0 Å². The van der Waals surface area contributed by atoms with Gasteiger partial charge in [0, 0.05) is 5.56 Å². The molecule has 2 aromatic rings. The van der Waals surface area contributed by atoms with Gasteiger partial charge in [0.25, 0.3) is 6.47 Å². The van der Waals surface area contributed by atoms with Crippen molar-refractivity contribution in [3.63, 3.8) is 0 Å². The smallest absolute Gasteiger partial charge is 0.339 e. The van der Waals surface area contributed by atoms with Crippen LogP contribution in [0.25, 0.3) is 16.7 Å². The monoisotopic (exact) mass is 426 g/mol. The molecule has 2 aromatic carbocycles. The number of carboxylic acids is 1. The molecular weight excluding hydrogens is 404 g/mol. The van der Waals surface area contributed by atoms with E-state index in [4.69, 9.17) is 14.4 Å². The molecule has 0 atom stereocenters. The first-order valence-electron chi connectivity index (χ1n) is 9.14. The molecule has 8 nitrogen and oxygen atoms in total. The molecule has 0 saturated heterocycles. The van der Waals surface area contributed by atoms with E-state index in [9.17, 15) is 19.5 Å². The predicted molar refractivity (Wildman–Crippen MR) is 112 cm³/mol. The molecule has 0 aliphatic heterocycles. The maximum Gasteiger partial charge on any atom is 0.339 e. The Bertz CT molecular complexity index is 1020. The molecule has 162 valence electrons. The van der Waals surface area contributed by atoms with Gasteiger partial charge < -0.3 is 19.5 Å². The van der Waals surface area contributed by atoms with Crippen LogP contribution in [0.2, 0.25) is 0 Å². The summed E-state index contributed by atoms with van der Waals surface area (Å²) >= 11 is 0. The first-order valence-corrected chi connectivity index (χ1v) is 9.14. The number of hydrogen-bond acceptors (Lipinski definition) is 7. The lowest BCUT2D eigenvalue weighted by molar-refractivity contribution is -0.264. The molecule has 0 spiro atoms. The fraction of sp³-hybridized carbons (Fsp3) is 0.174. The van der Waals surface area contributed by atoms with Crippen LogP contribution in [0.4, 0.5) is 0 Å². The molecular formula is C23H22O8. The lowest BCUT2D eigenvalue weighted by Gasteiger charge is -2.12. The summed E-state index contributed by atoms with van der Waals surface area (Å²) in [6.07, 6.45) is 0. The van der Waals surface area contributed by atoms with Crippen molar-refractivity contribution in [3.8, 4) is 16.9 Å². The van der Waals surface area contributed by atoms with Gasteiger partial charge in [0.1, 0.15) is 24.7 Å². The molecule has 2 rings (SSSR count). The maximum absolute atomic E-state index is 12.3. The minimum atomic E-state index is -1.29. The van der Waals surface area contributed by atoms with Crippen LogP contribution < -0.4 is 4.74 Å². The second-order valence-corrected chi connectivity index (χ2v) is 6.51. The van der Waals surface area contributed by atoms with Crippen LogP contribution in [0.3, 0.4) is 0 Å².